The van der Waals surface area contributed by atoms with Crippen LogP contribution in [0.5, 0.6) is 0 Å². The summed E-state index contributed by atoms with van der Waals surface area (Å²) < 4.78 is 22.8. The van der Waals surface area contributed by atoms with Crippen molar-refractivity contribution in [1.82, 2.24) is 5.32 Å². The second kappa shape index (κ2) is 12.7. The van der Waals surface area contributed by atoms with Gasteiger partial charge >= 0.3 is 0 Å². The van der Waals surface area contributed by atoms with Gasteiger partial charge < -0.3 is 5.32 Å². The predicted molar refractivity (Wildman–Crippen MR) is 46.9 cm³/mol. The van der Waals surface area contributed by atoms with Crippen LogP contribution in [0.4, 0.5) is 0 Å². The van der Waals surface area contributed by atoms with Crippen LogP contribution in [0.3, 0.4) is 0 Å². The van der Waals surface area contributed by atoms with Crippen LogP contribution < -0.4 is 5.32 Å². The van der Waals surface area contributed by atoms with Gasteiger partial charge in [0.15, 0.2) is 0 Å². The molecule has 0 aromatic carbocycles. The first-order valence-corrected chi connectivity index (χ1v) is 4.72. The molecule has 70 valence electrons. The normalized spacial score (nSPS) is 9.18. The summed E-state index contributed by atoms with van der Waals surface area (Å²) in [6, 6.07) is 0. The molecule has 4 nitrogen and oxygen atoms in total. The molecular formula is C6H17NO3S. The molecule has 0 fully saturated rings. The predicted octanol–water partition coefficient (Wildman–Crippen LogP) is 1.08. The van der Waals surface area contributed by atoms with E-state index in [2.05, 4.69) is 19.2 Å². The fourth-order valence-electron chi connectivity index (χ4n) is 0.479. The van der Waals surface area contributed by atoms with E-state index in [-0.39, 0.29) is 0 Å². The van der Waals surface area contributed by atoms with Gasteiger partial charge in [-0.2, -0.15) is 4.21 Å². The summed E-state index contributed by atoms with van der Waals surface area (Å²) in [6.45, 7) is 6.72. The fourth-order valence-corrected chi connectivity index (χ4v) is 0.479. The standard InChI is InChI=1S/C6H15N.H2O3S/c1-3-5-7-6-4-2;1-4(2)3/h7H,3-6H2,1-2H3;(H2,1,2,3). The van der Waals surface area contributed by atoms with E-state index in [9.17, 15) is 0 Å². The van der Waals surface area contributed by atoms with E-state index < -0.39 is 11.4 Å². The molecule has 0 spiro atoms. The molecule has 0 saturated heterocycles. The van der Waals surface area contributed by atoms with Crippen molar-refractivity contribution in [2.45, 2.75) is 26.7 Å². The third-order valence-corrected chi connectivity index (χ3v) is 0.854. The van der Waals surface area contributed by atoms with E-state index in [0.29, 0.717) is 0 Å². The van der Waals surface area contributed by atoms with Crippen LogP contribution in [0.1, 0.15) is 26.7 Å². The smallest absolute Gasteiger partial charge is 0.299 e. The van der Waals surface area contributed by atoms with Gasteiger partial charge in [0, 0.05) is 0 Å². The Hall–Kier alpha value is 0.0300. The van der Waals surface area contributed by atoms with Crippen molar-refractivity contribution in [2.75, 3.05) is 13.1 Å². The maximum atomic E-state index is 8.67. The number of hydrogen-bond donors (Lipinski definition) is 3. The van der Waals surface area contributed by atoms with Gasteiger partial charge in [0.1, 0.15) is 0 Å². The largest absolute Gasteiger partial charge is 0.317 e. The van der Waals surface area contributed by atoms with E-state index >= 15 is 0 Å². The summed E-state index contributed by atoms with van der Waals surface area (Å²) in [6.07, 6.45) is 2.50. The first-order chi connectivity index (χ1) is 5.15. The summed E-state index contributed by atoms with van der Waals surface area (Å²) in [5.74, 6) is 0. The van der Waals surface area contributed by atoms with Crippen LogP contribution in [-0.4, -0.2) is 26.4 Å². The van der Waals surface area contributed by atoms with Gasteiger partial charge in [-0.3, -0.25) is 9.11 Å². The second-order valence-electron chi connectivity index (χ2n) is 1.98. The molecule has 0 heterocycles. The lowest BCUT2D eigenvalue weighted by molar-refractivity contribution is 0.454. The van der Waals surface area contributed by atoms with Gasteiger partial charge in [-0.25, -0.2) is 0 Å². The van der Waals surface area contributed by atoms with Gasteiger partial charge in [0.2, 0.25) is 0 Å². The molecule has 0 atom stereocenters. The Balaban J connectivity index is 0. The first kappa shape index (κ1) is 13.6. The molecule has 0 radical (unpaired) electrons. The molecule has 0 unspecified atom stereocenters. The third kappa shape index (κ3) is 39.8. The molecule has 5 heteroatoms. The minimum absolute atomic E-state index is 1.17. The highest BCUT2D eigenvalue weighted by molar-refractivity contribution is 7.73. The zero-order valence-electron chi connectivity index (χ0n) is 7.04. The van der Waals surface area contributed by atoms with Crippen LogP contribution in [-0.2, 0) is 11.4 Å². The summed E-state index contributed by atoms with van der Waals surface area (Å²) in [5, 5.41) is 3.28. The highest BCUT2D eigenvalue weighted by Crippen LogP contribution is 1.71. The molecular weight excluding hydrogens is 166 g/mol. The molecule has 0 aliphatic heterocycles. The molecule has 0 aliphatic carbocycles. The Kier molecular flexibility index (Phi) is 15.7. The molecule has 0 aromatic heterocycles. The minimum Gasteiger partial charge on any atom is -0.317 e. The Morgan fingerprint density at radius 2 is 1.45 bits per heavy atom. The Bertz CT molecular complexity index is 81.9. The second-order valence-corrected chi connectivity index (χ2v) is 2.44. The van der Waals surface area contributed by atoms with Crippen LogP contribution in [0.25, 0.3) is 0 Å². The molecule has 0 aliphatic rings. The van der Waals surface area contributed by atoms with E-state index in [4.69, 9.17) is 13.3 Å². The molecule has 3 N–H and O–H groups in total. The molecule has 0 rings (SSSR count). The molecule has 0 amide bonds. The Morgan fingerprint density at radius 1 is 1.18 bits per heavy atom. The van der Waals surface area contributed by atoms with Crippen LogP contribution in [0.15, 0.2) is 0 Å². The van der Waals surface area contributed by atoms with Crippen molar-refractivity contribution in [3.63, 3.8) is 0 Å². The van der Waals surface area contributed by atoms with E-state index in [1.807, 2.05) is 0 Å². The van der Waals surface area contributed by atoms with Gasteiger partial charge in [-0.15, -0.1) is 0 Å². The molecule has 0 saturated carbocycles. The van der Waals surface area contributed by atoms with Crippen molar-refractivity contribution < 1.29 is 13.3 Å². The van der Waals surface area contributed by atoms with E-state index in [0.717, 1.165) is 0 Å². The number of hydrogen-bond acceptors (Lipinski definition) is 2. The summed E-state index contributed by atoms with van der Waals surface area (Å²) in [7, 11) is 0. The topological polar surface area (TPSA) is 69.6 Å². The molecule has 0 aromatic rings. The molecule has 0 bridgehead atoms. The lowest BCUT2D eigenvalue weighted by Gasteiger charge is -1.95. The van der Waals surface area contributed by atoms with E-state index in [1.165, 1.54) is 25.9 Å². The SMILES string of the molecule is CCCNCCC.O=S(O)O. The lowest BCUT2D eigenvalue weighted by Crippen LogP contribution is -2.14. The summed E-state index contributed by atoms with van der Waals surface area (Å²) >= 11 is -2.61. The van der Waals surface area contributed by atoms with Crippen molar-refractivity contribution in [3.8, 4) is 0 Å². The van der Waals surface area contributed by atoms with Crippen molar-refractivity contribution in [3.05, 3.63) is 0 Å². The Morgan fingerprint density at radius 3 is 1.64 bits per heavy atom. The Labute approximate surface area is 70.5 Å². The minimum atomic E-state index is -2.61. The number of rotatable bonds is 4. The highest BCUT2D eigenvalue weighted by Gasteiger charge is 1.76. The van der Waals surface area contributed by atoms with Crippen LogP contribution in [0.2, 0.25) is 0 Å². The lowest BCUT2D eigenvalue weighted by atomic mass is 10.4. The first-order valence-electron chi connectivity index (χ1n) is 3.65. The van der Waals surface area contributed by atoms with Crippen LogP contribution in [0, 0.1) is 0 Å². The average molecular weight is 183 g/mol. The monoisotopic (exact) mass is 183 g/mol. The summed E-state index contributed by atoms with van der Waals surface area (Å²) in [4.78, 5) is 0. The fraction of sp³-hybridized carbons (Fsp3) is 1.00. The third-order valence-electron chi connectivity index (χ3n) is 0.854. The van der Waals surface area contributed by atoms with Gasteiger partial charge in [-0.05, 0) is 25.9 Å². The quantitative estimate of drug-likeness (QED) is 0.450. The molecule has 11 heavy (non-hydrogen) atoms. The maximum Gasteiger partial charge on any atom is 0.299 e. The van der Waals surface area contributed by atoms with Crippen molar-refractivity contribution in [2.24, 2.45) is 0 Å². The van der Waals surface area contributed by atoms with Crippen LogP contribution >= 0.6 is 0 Å². The van der Waals surface area contributed by atoms with Gasteiger partial charge in [0.05, 0.1) is 0 Å². The summed E-state index contributed by atoms with van der Waals surface area (Å²) in [5.41, 5.74) is 0. The van der Waals surface area contributed by atoms with Gasteiger partial charge in [-0.1, -0.05) is 13.8 Å². The zero-order chi connectivity index (χ0) is 9.11. The number of nitrogens with one attached hydrogen (secondary N) is 1. The van der Waals surface area contributed by atoms with E-state index in [1.54, 1.807) is 0 Å². The zero-order valence-corrected chi connectivity index (χ0v) is 7.86. The highest BCUT2D eigenvalue weighted by atomic mass is 32.2. The van der Waals surface area contributed by atoms with Gasteiger partial charge in [0.25, 0.3) is 11.4 Å². The maximum absolute atomic E-state index is 8.67. The van der Waals surface area contributed by atoms with Crippen molar-refractivity contribution in [1.29, 1.82) is 0 Å². The average Bonchev–Trinajstić information content (AvgIpc) is 1.88. The van der Waals surface area contributed by atoms with Crippen molar-refractivity contribution >= 4 is 11.4 Å².